The average molecular weight is 359 g/mol. The van der Waals surface area contributed by atoms with Gasteiger partial charge in [0.1, 0.15) is 6.54 Å². The largest absolute Gasteiger partial charge is 0.463 e. The van der Waals surface area contributed by atoms with Crippen molar-refractivity contribution in [3.8, 4) is 0 Å². The van der Waals surface area contributed by atoms with Crippen molar-refractivity contribution in [1.82, 2.24) is 10.9 Å². The number of benzene rings is 1. The summed E-state index contributed by atoms with van der Waals surface area (Å²) in [5.74, 6) is 0.211. The summed E-state index contributed by atoms with van der Waals surface area (Å²) in [5, 5.41) is 0. The number of hydrogen-bond donors (Lipinski definition) is 3. The molecule has 1 aromatic carbocycles. The summed E-state index contributed by atoms with van der Waals surface area (Å²) in [6.45, 7) is 6.82. The van der Waals surface area contributed by atoms with Crippen molar-refractivity contribution in [1.29, 1.82) is 0 Å². The molecule has 7 heteroatoms. The lowest BCUT2D eigenvalue weighted by Gasteiger charge is -2.21. The fourth-order valence-electron chi connectivity index (χ4n) is 2.70. The summed E-state index contributed by atoms with van der Waals surface area (Å²) in [7, 11) is 1.88. The van der Waals surface area contributed by atoms with Gasteiger partial charge in [-0.15, -0.1) is 0 Å². The van der Waals surface area contributed by atoms with Gasteiger partial charge in [0.15, 0.2) is 12.3 Å². The normalized spacial score (nSPS) is 11.7. The molecule has 0 aliphatic carbocycles. The Balaban J connectivity index is 1.79. The predicted octanol–water partition coefficient (Wildman–Crippen LogP) is 0.602. The van der Waals surface area contributed by atoms with Crippen LogP contribution < -0.4 is 20.7 Å². The number of likely N-dealkylation sites (N-methyl/N-ethyl adjacent to an activating group) is 1. The smallest absolute Gasteiger partial charge is 0.293 e. The summed E-state index contributed by atoms with van der Waals surface area (Å²) in [5.41, 5.74) is 6.47. The molecule has 0 spiro atoms. The van der Waals surface area contributed by atoms with E-state index in [1.807, 2.05) is 31.3 Å². The molecular weight excluding hydrogens is 332 g/mol. The van der Waals surface area contributed by atoms with Crippen LogP contribution in [-0.4, -0.2) is 38.5 Å². The zero-order valence-electron chi connectivity index (χ0n) is 15.5. The van der Waals surface area contributed by atoms with Gasteiger partial charge in [-0.25, -0.2) is 0 Å². The first-order chi connectivity index (χ1) is 12.5. The van der Waals surface area contributed by atoms with Crippen molar-refractivity contribution in [2.45, 2.75) is 20.4 Å². The molecular formula is C19H27N4O3+. The number of nitrogens with one attached hydrogen (secondary N) is 3. The number of carbonyl (C=O) groups is 2. The lowest BCUT2D eigenvalue weighted by Crippen LogP contribution is -3.09. The van der Waals surface area contributed by atoms with Crippen LogP contribution >= 0.6 is 0 Å². The second kappa shape index (κ2) is 9.62. The first kappa shape index (κ1) is 19.5. The molecule has 140 valence electrons. The van der Waals surface area contributed by atoms with Gasteiger partial charge in [-0.05, 0) is 50.2 Å². The molecule has 0 aliphatic heterocycles. The van der Waals surface area contributed by atoms with E-state index in [-0.39, 0.29) is 18.4 Å². The van der Waals surface area contributed by atoms with E-state index in [4.69, 9.17) is 4.42 Å². The van der Waals surface area contributed by atoms with Gasteiger partial charge >= 0.3 is 0 Å². The van der Waals surface area contributed by atoms with Crippen LogP contribution in [0, 0.1) is 0 Å². The van der Waals surface area contributed by atoms with Crippen LogP contribution in [0.1, 0.15) is 30.0 Å². The molecule has 0 fully saturated rings. The van der Waals surface area contributed by atoms with Crippen LogP contribution in [0.25, 0.3) is 0 Å². The van der Waals surface area contributed by atoms with E-state index >= 15 is 0 Å². The van der Waals surface area contributed by atoms with Gasteiger partial charge in [0, 0.05) is 24.3 Å². The number of nitrogens with zero attached hydrogens (tertiary/aromatic N) is 1. The van der Waals surface area contributed by atoms with Crippen LogP contribution in [0.4, 0.5) is 5.69 Å². The molecule has 1 heterocycles. The highest BCUT2D eigenvalue weighted by molar-refractivity contribution is 5.95. The number of anilines is 1. The number of hydrazine groups is 1. The van der Waals surface area contributed by atoms with E-state index in [9.17, 15) is 9.59 Å². The van der Waals surface area contributed by atoms with Crippen LogP contribution in [0.3, 0.4) is 0 Å². The molecule has 0 radical (unpaired) electrons. The third-order valence-corrected chi connectivity index (χ3v) is 4.09. The van der Waals surface area contributed by atoms with Crippen molar-refractivity contribution in [2.75, 3.05) is 31.6 Å². The van der Waals surface area contributed by atoms with Gasteiger partial charge in [-0.2, -0.15) is 0 Å². The zero-order valence-corrected chi connectivity index (χ0v) is 15.5. The Kier molecular flexibility index (Phi) is 7.23. The molecule has 1 unspecified atom stereocenters. The van der Waals surface area contributed by atoms with Crippen LogP contribution in [0.5, 0.6) is 0 Å². The monoisotopic (exact) mass is 359 g/mol. The lowest BCUT2D eigenvalue weighted by molar-refractivity contribution is -0.886. The fourth-order valence-corrected chi connectivity index (χ4v) is 2.70. The highest BCUT2D eigenvalue weighted by atomic mass is 16.3. The highest BCUT2D eigenvalue weighted by Crippen LogP contribution is 2.14. The molecule has 1 atom stereocenters. The second-order valence-corrected chi connectivity index (χ2v) is 6.11. The molecule has 2 amide bonds. The third-order valence-electron chi connectivity index (χ3n) is 4.09. The van der Waals surface area contributed by atoms with E-state index in [1.54, 1.807) is 18.4 Å². The molecule has 7 nitrogen and oxygen atoms in total. The van der Waals surface area contributed by atoms with Gasteiger partial charge in [0.2, 0.25) is 0 Å². The Labute approximate surface area is 153 Å². The maximum Gasteiger partial charge on any atom is 0.293 e. The Bertz CT molecular complexity index is 694. The number of rotatable bonds is 8. The molecule has 2 rings (SSSR count). The maximum atomic E-state index is 12.2. The van der Waals surface area contributed by atoms with Gasteiger partial charge in [-0.3, -0.25) is 20.4 Å². The van der Waals surface area contributed by atoms with Gasteiger partial charge in [0.25, 0.3) is 11.8 Å². The molecule has 0 saturated carbocycles. The average Bonchev–Trinajstić information content (AvgIpc) is 3.14. The van der Waals surface area contributed by atoms with Crippen LogP contribution in [0.15, 0.2) is 47.1 Å². The molecule has 0 saturated heterocycles. The SMILES string of the molecule is CCN(CC)c1ccc(C(=O)NNC(=O)C[NH+](C)Cc2ccco2)cc1. The highest BCUT2D eigenvalue weighted by Gasteiger charge is 2.13. The third kappa shape index (κ3) is 5.63. The topological polar surface area (TPSA) is 79.0 Å². The summed E-state index contributed by atoms with van der Waals surface area (Å²) < 4.78 is 5.26. The summed E-state index contributed by atoms with van der Waals surface area (Å²) in [4.78, 5) is 27.3. The van der Waals surface area contributed by atoms with Gasteiger partial charge in [-0.1, -0.05) is 0 Å². The molecule has 2 aromatic rings. The minimum atomic E-state index is -0.340. The van der Waals surface area contributed by atoms with E-state index in [1.165, 1.54) is 0 Å². The summed E-state index contributed by atoms with van der Waals surface area (Å²) >= 11 is 0. The Morgan fingerprint density at radius 3 is 2.35 bits per heavy atom. The molecule has 1 aromatic heterocycles. The van der Waals surface area contributed by atoms with E-state index < -0.39 is 0 Å². The zero-order chi connectivity index (χ0) is 18.9. The number of carbonyl (C=O) groups excluding carboxylic acids is 2. The van der Waals surface area contributed by atoms with Crippen molar-refractivity contribution >= 4 is 17.5 Å². The standard InChI is InChI=1S/C19H26N4O3/c1-4-23(5-2)16-10-8-15(9-11-16)19(25)21-20-18(24)14-22(3)13-17-7-6-12-26-17/h6-12H,4-5,13-14H2,1-3H3,(H,20,24)(H,21,25)/p+1. The lowest BCUT2D eigenvalue weighted by atomic mass is 10.2. The van der Waals surface area contributed by atoms with Gasteiger partial charge < -0.3 is 14.2 Å². The summed E-state index contributed by atoms with van der Waals surface area (Å²) in [6.07, 6.45) is 1.61. The molecule has 0 bridgehead atoms. The van der Waals surface area contributed by atoms with Crippen LogP contribution in [0.2, 0.25) is 0 Å². The Hall–Kier alpha value is -2.80. The van der Waals surface area contributed by atoms with Gasteiger partial charge in [0.05, 0.1) is 13.3 Å². The molecule has 0 aliphatic rings. The predicted molar refractivity (Wildman–Crippen MR) is 99.8 cm³/mol. The first-order valence-corrected chi connectivity index (χ1v) is 8.81. The quantitative estimate of drug-likeness (QED) is 0.603. The number of hydrogen-bond acceptors (Lipinski definition) is 4. The number of quaternary nitrogens is 1. The maximum absolute atomic E-state index is 12.2. The fraction of sp³-hybridized carbons (Fsp3) is 0.368. The van der Waals surface area contributed by atoms with E-state index in [0.717, 1.165) is 29.4 Å². The number of amides is 2. The van der Waals surface area contributed by atoms with E-state index in [0.29, 0.717) is 12.1 Å². The van der Waals surface area contributed by atoms with Crippen molar-refractivity contribution in [3.05, 3.63) is 54.0 Å². The Morgan fingerprint density at radius 1 is 1.08 bits per heavy atom. The van der Waals surface area contributed by atoms with Crippen molar-refractivity contribution in [3.63, 3.8) is 0 Å². The second-order valence-electron chi connectivity index (χ2n) is 6.11. The molecule has 26 heavy (non-hydrogen) atoms. The first-order valence-electron chi connectivity index (χ1n) is 8.81. The molecule has 3 N–H and O–H groups in total. The minimum absolute atomic E-state index is 0.224. The van der Waals surface area contributed by atoms with Crippen molar-refractivity contribution < 1.29 is 18.9 Å². The number of furan rings is 1. The minimum Gasteiger partial charge on any atom is -0.463 e. The van der Waals surface area contributed by atoms with Crippen LogP contribution in [-0.2, 0) is 11.3 Å². The van der Waals surface area contributed by atoms with E-state index in [2.05, 4.69) is 29.6 Å². The van der Waals surface area contributed by atoms with Crippen molar-refractivity contribution in [2.24, 2.45) is 0 Å². The Morgan fingerprint density at radius 2 is 1.77 bits per heavy atom. The summed E-state index contributed by atoms with van der Waals surface area (Å²) in [6, 6.07) is 11.0.